The van der Waals surface area contributed by atoms with Crippen LogP contribution in [0.3, 0.4) is 0 Å². The Balaban J connectivity index is 2.15. The summed E-state index contributed by atoms with van der Waals surface area (Å²) in [4.78, 5) is 11.4. The first-order chi connectivity index (χ1) is 8.79. The number of ether oxygens (including phenoxy) is 1. The van der Waals surface area contributed by atoms with Gasteiger partial charge in [0.1, 0.15) is 5.60 Å². The van der Waals surface area contributed by atoms with E-state index < -0.39 is 5.60 Å². The smallest absolute Gasteiger partial charge is 0.407 e. The number of nitrogens with one attached hydrogen (secondary N) is 2. The average molecular weight is 268 g/mol. The maximum atomic E-state index is 11.4. The van der Waals surface area contributed by atoms with Crippen molar-refractivity contribution in [2.45, 2.75) is 39.8 Å². The second-order valence-electron chi connectivity index (χ2n) is 5.48. The lowest BCUT2D eigenvalue weighted by molar-refractivity contribution is 0.0528. The molecule has 0 radical (unpaired) electrons. The zero-order valence-electron chi connectivity index (χ0n) is 12.4. The highest BCUT2D eigenvalue weighted by Crippen LogP contribution is 2.06. The molecule has 108 valence electrons. The molecule has 0 aromatic carbocycles. The first kappa shape index (κ1) is 15.5. The molecule has 1 aromatic heterocycles. The van der Waals surface area contributed by atoms with E-state index in [2.05, 4.69) is 15.7 Å². The monoisotopic (exact) mass is 268 g/mol. The number of hydrogen-bond acceptors (Lipinski definition) is 4. The Morgan fingerprint density at radius 1 is 1.42 bits per heavy atom. The van der Waals surface area contributed by atoms with Gasteiger partial charge in [-0.05, 0) is 27.7 Å². The number of nitrogens with zero attached hydrogens (tertiary/aromatic N) is 2. The lowest BCUT2D eigenvalue weighted by atomic mass is 10.2. The normalized spacial score (nSPS) is 11.4. The number of rotatable bonds is 5. The summed E-state index contributed by atoms with van der Waals surface area (Å²) >= 11 is 0. The van der Waals surface area contributed by atoms with E-state index in [0.29, 0.717) is 13.1 Å². The molecule has 0 fully saturated rings. The molecule has 1 aromatic rings. The summed E-state index contributed by atoms with van der Waals surface area (Å²) < 4.78 is 6.98. The fourth-order valence-electron chi connectivity index (χ4n) is 1.51. The van der Waals surface area contributed by atoms with Gasteiger partial charge in [0.05, 0.1) is 6.20 Å². The predicted octanol–water partition coefficient (Wildman–Crippen LogP) is 1.34. The van der Waals surface area contributed by atoms with Crippen molar-refractivity contribution in [2.75, 3.05) is 13.1 Å². The lowest BCUT2D eigenvalue weighted by Crippen LogP contribution is -2.36. The second-order valence-corrected chi connectivity index (χ2v) is 5.48. The Morgan fingerprint density at radius 2 is 2.11 bits per heavy atom. The van der Waals surface area contributed by atoms with Crippen molar-refractivity contribution in [1.82, 2.24) is 20.4 Å². The maximum Gasteiger partial charge on any atom is 0.407 e. The Morgan fingerprint density at radius 3 is 2.63 bits per heavy atom. The molecule has 0 atom stereocenters. The highest BCUT2D eigenvalue weighted by Gasteiger charge is 2.15. The van der Waals surface area contributed by atoms with Crippen molar-refractivity contribution in [3.05, 3.63) is 17.5 Å². The Kier molecular flexibility index (Phi) is 5.35. The van der Waals surface area contributed by atoms with E-state index in [9.17, 15) is 4.79 Å². The number of carbonyl (C=O) groups excluding carboxylic acids is 1. The van der Waals surface area contributed by atoms with Gasteiger partial charge in [-0.1, -0.05) is 0 Å². The van der Waals surface area contributed by atoms with E-state index >= 15 is 0 Å². The maximum absolute atomic E-state index is 11.4. The molecule has 0 saturated heterocycles. The first-order valence-corrected chi connectivity index (χ1v) is 6.44. The molecule has 0 aliphatic rings. The van der Waals surface area contributed by atoms with Crippen LogP contribution in [0.2, 0.25) is 0 Å². The van der Waals surface area contributed by atoms with Crippen molar-refractivity contribution >= 4 is 6.09 Å². The Hall–Kier alpha value is -1.56. The molecule has 1 amide bonds. The van der Waals surface area contributed by atoms with Crippen LogP contribution in [0.15, 0.2) is 6.20 Å². The van der Waals surface area contributed by atoms with E-state index in [1.165, 1.54) is 5.56 Å². The van der Waals surface area contributed by atoms with Crippen LogP contribution in [-0.2, 0) is 18.3 Å². The SMILES string of the molecule is Cc1c(CNCCNC(=O)OC(C)(C)C)cnn1C. The summed E-state index contributed by atoms with van der Waals surface area (Å²) in [7, 11) is 1.92. The Bertz CT molecular complexity index is 421. The minimum atomic E-state index is -0.454. The predicted molar refractivity (Wildman–Crippen MR) is 73.9 cm³/mol. The van der Waals surface area contributed by atoms with Gasteiger partial charge in [0.2, 0.25) is 0 Å². The molecule has 0 saturated carbocycles. The van der Waals surface area contributed by atoms with E-state index in [1.807, 2.05) is 45.6 Å². The zero-order valence-corrected chi connectivity index (χ0v) is 12.4. The molecule has 1 heterocycles. The first-order valence-electron chi connectivity index (χ1n) is 6.44. The summed E-state index contributed by atoms with van der Waals surface area (Å²) in [5, 5.41) is 10.1. The van der Waals surface area contributed by atoms with Crippen LogP contribution in [-0.4, -0.2) is 34.6 Å². The fourth-order valence-corrected chi connectivity index (χ4v) is 1.51. The van der Waals surface area contributed by atoms with E-state index in [4.69, 9.17) is 4.74 Å². The number of amides is 1. The van der Waals surface area contributed by atoms with Gasteiger partial charge in [-0.15, -0.1) is 0 Å². The summed E-state index contributed by atoms with van der Waals surface area (Å²) in [5.74, 6) is 0. The third-order valence-corrected chi connectivity index (χ3v) is 2.62. The average Bonchev–Trinajstić information content (AvgIpc) is 2.58. The van der Waals surface area contributed by atoms with Crippen molar-refractivity contribution in [1.29, 1.82) is 0 Å². The molecule has 0 unspecified atom stereocenters. The van der Waals surface area contributed by atoms with Crippen LogP contribution < -0.4 is 10.6 Å². The quantitative estimate of drug-likeness (QED) is 0.791. The van der Waals surface area contributed by atoms with Gasteiger partial charge >= 0.3 is 6.09 Å². The molecule has 0 aliphatic carbocycles. The third kappa shape index (κ3) is 5.74. The van der Waals surface area contributed by atoms with Crippen LogP contribution in [0.1, 0.15) is 32.0 Å². The summed E-state index contributed by atoms with van der Waals surface area (Å²) in [6.45, 7) is 9.53. The van der Waals surface area contributed by atoms with Crippen LogP contribution in [0.4, 0.5) is 4.79 Å². The molecular weight excluding hydrogens is 244 g/mol. The van der Waals surface area contributed by atoms with Crippen molar-refractivity contribution in [3.63, 3.8) is 0 Å². The molecule has 6 nitrogen and oxygen atoms in total. The molecule has 0 spiro atoms. The number of alkyl carbamates (subject to hydrolysis) is 1. The van der Waals surface area contributed by atoms with Crippen LogP contribution in [0, 0.1) is 6.92 Å². The minimum absolute atomic E-state index is 0.383. The summed E-state index contributed by atoms with van der Waals surface area (Å²) in [6.07, 6.45) is 1.47. The van der Waals surface area contributed by atoms with Crippen LogP contribution in [0.25, 0.3) is 0 Å². The summed E-state index contributed by atoms with van der Waals surface area (Å²) in [6, 6.07) is 0. The van der Waals surface area contributed by atoms with E-state index in [0.717, 1.165) is 12.2 Å². The molecular formula is C13H24N4O2. The highest BCUT2D eigenvalue weighted by molar-refractivity contribution is 5.67. The van der Waals surface area contributed by atoms with Crippen LogP contribution >= 0.6 is 0 Å². The van der Waals surface area contributed by atoms with E-state index in [1.54, 1.807) is 0 Å². The molecule has 0 aliphatic heterocycles. The van der Waals surface area contributed by atoms with Crippen LogP contribution in [0.5, 0.6) is 0 Å². The topological polar surface area (TPSA) is 68.2 Å². The molecule has 0 bridgehead atoms. The third-order valence-electron chi connectivity index (χ3n) is 2.62. The van der Waals surface area contributed by atoms with Crippen molar-refractivity contribution in [3.8, 4) is 0 Å². The largest absolute Gasteiger partial charge is 0.444 e. The van der Waals surface area contributed by atoms with Gasteiger partial charge in [0, 0.05) is 37.9 Å². The highest BCUT2D eigenvalue weighted by atomic mass is 16.6. The van der Waals surface area contributed by atoms with Crippen molar-refractivity contribution in [2.24, 2.45) is 7.05 Å². The zero-order chi connectivity index (χ0) is 14.5. The van der Waals surface area contributed by atoms with Gasteiger partial charge in [-0.2, -0.15) is 5.10 Å². The summed E-state index contributed by atoms with van der Waals surface area (Å²) in [5.41, 5.74) is 1.86. The van der Waals surface area contributed by atoms with Gasteiger partial charge < -0.3 is 15.4 Å². The van der Waals surface area contributed by atoms with Gasteiger partial charge in [0.15, 0.2) is 0 Å². The number of aromatic nitrogens is 2. The number of carbonyl (C=O) groups is 1. The van der Waals surface area contributed by atoms with Gasteiger partial charge in [-0.25, -0.2) is 4.79 Å². The minimum Gasteiger partial charge on any atom is -0.444 e. The Labute approximate surface area is 114 Å². The lowest BCUT2D eigenvalue weighted by Gasteiger charge is -2.19. The molecule has 2 N–H and O–H groups in total. The molecule has 19 heavy (non-hydrogen) atoms. The number of aryl methyl sites for hydroxylation is 1. The number of hydrogen-bond donors (Lipinski definition) is 2. The van der Waals surface area contributed by atoms with Gasteiger partial charge in [-0.3, -0.25) is 4.68 Å². The second kappa shape index (κ2) is 6.56. The van der Waals surface area contributed by atoms with Crippen molar-refractivity contribution < 1.29 is 9.53 Å². The van der Waals surface area contributed by atoms with Gasteiger partial charge in [0.25, 0.3) is 0 Å². The molecule has 1 rings (SSSR count). The van der Waals surface area contributed by atoms with E-state index in [-0.39, 0.29) is 6.09 Å². The fraction of sp³-hybridized carbons (Fsp3) is 0.692. The standard InChI is InChI=1S/C13H24N4O2/c1-10-11(9-16-17(10)5)8-14-6-7-15-12(18)19-13(2,3)4/h9,14H,6-8H2,1-5H3,(H,15,18). The molecule has 6 heteroatoms.